The minimum Gasteiger partial charge on any atom is 0 e. The number of aliphatic imine (C=N–C) groups is 2. The van der Waals surface area contributed by atoms with E-state index >= 15 is 0 Å². The van der Waals surface area contributed by atoms with Crippen LogP contribution in [0.4, 0.5) is 33.3 Å². The maximum atomic E-state index is 14.1. The quantitative estimate of drug-likeness (QED) is 0.0248. The second-order valence-electron chi connectivity index (χ2n) is 16.0. The third-order valence-corrected chi connectivity index (χ3v) is 12.1. The first kappa shape index (κ1) is 53.7. The van der Waals surface area contributed by atoms with Crippen molar-refractivity contribution in [2.24, 2.45) is 9.98 Å². The molecule has 0 bridgehead atoms. The summed E-state index contributed by atoms with van der Waals surface area (Å²) >= 11 is 7.95. The van der Waals surface area contributed by atoms with Crippen LogP contribution in [0.1, 0.15) is 97.7 Å². The molecular formula is C49H43Br2CuF5FeN4O4. The number of hydrogen-bond acceptors (Lipinski definition) is 8. The fourth-order valence-corrected chi connectivity index (χ4v) is 8.58. The maximum Gasteiger partial charge on any atom is 0 e. The number of nitrogens with zero attached hydrogens (tertiary/aromatic N) is 4. The average Bonchev–Trinajstić information content (AvgIpc) is 3.28. The molecule has 8 nitrogen and oxygen atoms in total. The molecule has 0 saturated carbocycles. The Morgan fingerprint density at radius 1 is 0.727 bits per heavy atom. The Hall–Kier alpha value is -4.89. The van der Waals surface area contributed by atoms with Gasteiger partial charge in [0.15, 0.2) is 0 Å². The Bertz CT molecular complexity index is 2770. The smallest absolute Gasteiger partial charge is 0 e. The van der Waals surface area contributed by atoms with Gasteiger partial charge in [-0.15, -0.1) is 0 Å². The minimum absolute atomic E-state index is 0. The summed E-state index contributed by atoms with van der Waals surface area (Å²) in [6.07, 6.45) is 1.78. The summed E-state index contributed by atoms with van der Waals surface area (Å²) in [6, 6.07) is 26.1. The number of aromatic hydroxyl groups is 1. The minimum atomic E-state index is -2.32. The van der Waals surface area contributed by atoms with Gasteiger partial charge in [-0.05, 0) is 35.1 Å². The van der Waals surface area contributed by atoms with Crippen LogP contribution in [0, 0.1) is 29.1 Å². The molecule has 6 aromatic rings. The van der Waals surface area contributed by atoms with Crippen LogP contribution in [0.15, 0.2) is 99.5 Å². The molecule has 0 aliphatic carbocycles. The Labute approximate surface area is 412 Å². The first-order valence-electron chi connectivity index (χ1n) is 19.9. The summed E-state index contributed by atoms with van der Waals surface area (Å²) in [6.45, 7) is 14.1. The zero-order valence-corrected chi connectivity index (χ0v) is 41.9. The largest absolute Gasteiger partial charge is 0 e. The average molecular weight is 1130 g/mol. The van der Waals surface area contributed by atoms with E-state index in [9.17, 15) is 36.6 Å². The molecule has 0 aliphatic rings. The normalized spacial score (nSPS) is 11.6. The number of hydrogen-bond donors (Lipinski definition) is 1. The van der Waals surface area contributed by atoms with Crippen molar-refractivity contribution in [3.8, 4) is 34.1 Å². The fraction of sp³-hybridized carbons (Fsp3) is 0.224. The van der Waals surface area contributed by atoms with Gasteiger partial charge in [0.1, 0.15) is 0 Å². The Kier molecular flexibility index (Phi) is 18.9. The molecule has 351 valence electrons. The van der Waals surface area contributed by atoms with Crippen molar-refractivity contribution >= 4 is 69.9 Å². The maximum absolute atomic E-state index is 14.1. The number of carbonyl (C=O) groups excluding carboxylic acids is 2. The van der Waals surface area contributed by atoms with Crippen LogP contribution in [0.25, 0.3) is 22.4 Å². The number of benzene rings is 4. The number of methoxy groups -OCH3 is 1. The molecule has 6 rings (SSSR count). The molecule has 2 aromatic heterocycles. The van der Waals surface area contributed by atoms with Crippen LogP contribution in [0.5, 0.6) is 11.8 Å². The van der Waals surface area contributed by atoms with E-state index < -0.39 is 46.0 Å². The van der Waals surface area contributed by atoms with Gasteiger partial charge in [0.25, 0.3) is 0 Å². The molecule has 0 spiro atoms. The van der Waals surface area contributed by atoms with Crippen molar-refractivity contribution in [3.05, 3.63) is 146 Å². The predicted molar refractivity (Wildman–Crippen MR) is 248 cm³/mol. The first-order valence-corrected chi connectivity index (χ1v) is 23.4. The number of para-hydroxylation sites is 1. The van der Waals surface area contributed by atoms with E-state index in [1.165, 1.54) is 26.5 Å². The summed E-state index contributed by atoms with van der Waals surface area (Å²) in [7, 11) is 1.42. The SMILES string of the molecule is CC(C)c1cccc(C(C)C)c1N=CC(=O)c1ccc(-c2ccccc2)nc1O.COc1nc(Br)c(C(=O)C=Nc2c(F)c(F)c(F)c(F)c2F)c(-c2cccc[c]2[Cu][Br])c1C(C)(C)C.[Fe]. The molecule has 0 atom stereocenters. The second-order valence-corrected chi connectivity index (χ2v) is 18.4. The Morgan fingerprint density at radius 3 is 1.79 bits per heavy atom. The fourth-order valence-electron chi connectivity index (χ4n) is 6.72. The second kappa shape index (κ2) is 23.2. The van der Waals surface area contributed by atoms with Crippen LogP contribution in [0.3, 0.4) is 0 Å². The van der Waals surface area contributed by atoms with Crippen molar-refractivity contribution in [3.63, 3.8) is 0 Å². The van der Waals surface area contributed by atoms with E-state index in [1.807, 2.05) is 69.3 Å². The van der Waals surface area contributed by atoms with Gasteiger partial charge in [0, 0.05) is 22.6 Å². The Balaban J connectivity index is 0.000000290. The van der Waals surface area contributed by atoms with Crippen molar-refractivity contribution in [1.29, 1.82) is 0 Å². The van der Waals surface area contributed by atoms with E-state index in [0.29, 0.717) is 28.6 Å². The Morgan fingerprint density at radius 2 is 1.26 bits per heavy atom. The topological polar surface area (TPSA) is 114 Å². The zero-order chi connectivity index (χ0) is 47.9. The number of pyridine rings is 2. The summed E-state index contributed by atoms with van der Waals surface area (Å²) in [4.78, 5) is 42.5. The van der Waals surface area contributed by atoms with Gasteiger partial charge in [-0.2, -0.15) is 0 Å². The van der Waals surface area contributed by atoms with Gasteiger partial charge in [0.2, 0.25) is 11.7 Å². The number of carbonyl (C=O) groups is 2. The molecule has 0 radical (unpaired) electrons. The monoisotopic (exact) mass is 1120 g/mol. The number of Topliss-reactive ketones (excluding diaryl/α,β-unsaturated/α-hetero) is 2. The zero-order valence-electron chi connectivity index (χ0n) is 36.7. The van der Waals surface area contributed by atoms with Crippen LogP contribution < -0.4 is 9.20 Å². The van der Waals surface area contributed by atoms with Crippen LogP contribution in [-0.2, 0) is 35.6 Å². The summed E-state index contributed by atoms with van der Waals surface area (Å²) in [5, 5.41) is 10.3. The summed E-state index contributed by atoms with van der Waals surface area (Å²) < 4.78 is 75.0. The van der Waals surface area contributed by atoms with Crippen LogP contribution in [-0.4, -0.2) is 46.2 Å². The van der Waals surface area contributed by atoms with Crippen molar-refractivity contribution in [2.45, 2.75) is 65.7 Å². The van der Waals surface area contributed by atoms with Gasteiger partial charge in [0.05, 0.1) is 23.2 Å². The van der Waals surface area contributed by atoms with Gasteiger partial charge >= 0.3 is 226 Å². The predicted octanol–water partition coefficient (Wildman–Crippen LogP) is 13.4. The number of ketones is 2. The molecule has 0 unspecified atom stereocenters. The van der Waals surface area contributed by atoms with Crippen molar-refractivity contribution in [1.82, 2.24) is 9.97 Å². The molecule has 2 heterocycles. The van der Waals surface area contributed by atoms with Gasteiger partial charge in [-0.25, -0.2) is 4.98 Å². The van der Waals surface area contributed by atoms with Gasteiger partial charge in [-0.3, -0.25) is 9.79 Å². The molecule has 66 heavy (non-hydrogen) atoms. The van der Waals surface area contributed by atoms with E-state index in [4.69, 9.17) is 4.74 Å². The number of aromatic nitrogens is 2. The molecule has 0 saturated heterocycles. The molecule has 0 amide bonds. The van der Waals surface area contributed by atoms with Gasteiger partial charge in [-0.1, -0.05) is 76.2 Å². The summed E-state index contributed by atoms with van der Waals surface area (Å²) in [5.74, 6) is -11.7. The van der Waals surface area contributed by atoms with E-state index in [0.717, 1.165) is 26.8 Å². The van der Waals surface area contributed by atoms with E-state index in [-0.39, 0.29) is 62.2 Å². The van der Waals surface area contributed by atoms with E-state index in [2.05, 4.69) is 77.7 Å². The van der Waals surface area contributed by atoms with E-state index in [1.54, 1.807) is 36.4 Å². The number of rotatable bonds is 12. The number of halogens is 7. The molecular weight excluding hydrogens is 1080 g/mol. The molecule has 1 N–H and O–H groups in total. The van der Waals surface area contributed by atoms with Gasteiger partial charge < -0.3 is 5.11 Å². The van der Waals surface area contributed by atoms with Crippen LogP contribution >= 0.6 is 30.0 Å². The molecule has 0 aliphatic heterocycles. The third-order valence-electron chi connectivity index (χ3n) is 9.84. The third kappa shape index (κ3) is 12.0. The first-order chi connectivity index (χ1) is 30.7. The van der Waals surface area contributed by atoms with Crippen molar-refractivity contribution < 1.29 is 71.6 Å². The molecule has 0 fully saturated rings. The van der Waals surface area contributed by atoms with Crippen LogP contribution in [0.2, 0.25) is 0 Å². The molecule has 4 aromatic carbocycles. The standard InChI is InChI=1S/C25H26N2O2.C24H17BrF5N2O2.BrH.Cu.Fe/c1-16(2)19-11-8-12-20(17(3)4)24(19)26-15-23(28)21-13-14-22(27-25(21)29)18-9-6-5-7-10-18;1-24(2,3)15-13(11-8-6-5-7-9-11)14(22(25)32-23(15)34-4)12(33)10-31-21-19(29)17(27)16(26)18(28)20(21)30;;;/h5-17H,1-4H3,(H,27,29);5-8,10H,1-4H3;1H;;/q;;;+1;/p-1. The molecule has 17 heteroatoms. The van der Waals surface area contributed by atoms with Crippen molar-refractivity contribution in [2.75, 3.05) is 7.11 Å². The summed E-state index contributed by atoms with van der Waals surface area (Å²) in [5.41, 5.74) is 4.09. The number of ether oxygens (including phenoxy) is 1.